The molecular formula is C33H25N8+. The van der Waals surface area contributed by atoms with Gasteiger partial charge in [0.2, 0.25) is 11.3 Å². The molecule has 8 bridgehead atoms. The van der Waals surface area contributed by atoms with Gasteiger partial charge in [-0.3, -0.25) is 0 Å². The van der Waals surface area contributed by atoms with Gasteiger partial charge in [-0.1, -0.05) is 82.8 Å². The van der Waals surface area contributed by atoms with Gasteiger partial charge in [0, 0.05) is 32.3 Å². The number of rotatable bonds is 0. The lowest BCUT2D eigenvalue weighted by atomic mass is 9.98. The van der Waals surface area contributed by atoms with E-state index in [2.05, 4.69) is 85.5 Å². The number of allylic oxidation sites excluding steroid dienone is 2. The molecule has 2 aliphatic heterocycles. The summed E-state index contributed by atoms with van der Waals surface area (Å²) in [5, 5.41) is 9.89. The topological polar surface area (TPSA) is 99.5 Å². The van der Waals surface area contributed by atoms with Crippen molar-refractivity contribution in [2.45, 2.75) is 12.8 Å². The van der Waals surface area contributed by atoms with E-state index in [1.807, 2.05) is 31.3 Å². The zero-order valence-corrected chi connectivity index (χ0v) is 22.3. The Labute approximate surface area is 233 Å². The van der Waals surface area contributed by atoms with Crippen LogP contribution in [0.25, 0.3) is 32.3 Å². The normalized spacial score (nSPS) is 16.2. The highest BCUT2D eigenvalue weighted by Crippen LogP contribution is 2.39. The van der Waals surface area contributed by atoms with E-state index < -0.39 is 0 Å². The van der Waals surface area contributed by atoms with Gasteiger partial charge in [0.1, 0.15) is 22.9 Å². The van der Waals surface area contributed by atoms with Gasteiger partial charge < -0.3 is 20.3 Å². The Balaban J connectivity index is 1.44. The van der Waals surface area contributed by atoms with Crippen LogP contribution in [0.3, 0.4) is 0 Å². The van der Waals surface area contributed by atoms with E-state index in [0.29, 0.717) is 0 Å². The van der Waals surface area contributed by atoms with Crippen molar-refractivity contribution in [3.05, 3.63) is 107 Å². The van der Waals surface area contributed by atoms with Crippen LogP contribution in [0.2, 0.25) is 0 Å². The molecule has 0 radical (unpaired) electrons. The molecule has 0 saturated heterocycles. The van der Waals surface area contributed by atoms with Crippen LogP contribution in [0.5, 0.6) is 0 Å². The second-order valence-electron chi connectivity index (χ2n) is 10.6. The van der Waals surface area contributed by atoms with Crippen LogP contribution in [0, 0.1) is 0 Å². The van der Waals surface area contributed by atoms with E-state index >= 15 is 0 Å². The number of H-pyrrole nitrogens is 3. The standard InChI is InChI=1S/C33H24N8/c1-41-32-24-16-8-9-17-25(24)33(41)40-31-23-15-7-5-13-21(23)29(38-31)36-27-19-11-3-2-10-18(19)26(34-27)35-28-20-12-4-6-14-22(20)30(37-28)39-32/h2-7,10-17H,8-9H2,1H3,(H3,34,35,36,37,38)/p+1. The second kappa shape index (κ2) is 8.25. The number of fused-ring (bicyclic) bond motifs is 19. The Bertz CT molecular complexity index is 2350. The molecule has 1 aliphatic carbocycles. The van der Waals surface area contributed by atoms with Gasteiger partial charge in [-0.25, -0.2) is 9.57 Å². The fourth-order valence-electron chi connectivity index (χ4n) is 6.29. The maximum atomic E-state index is 5.25. The maximum absolute atomic E-state index is 5.25. The van der Waals surface area contributed by atoms with E-state index in [9.17, 15) is 0 Å². The highest BCUT2D eigenvalue weighted by Gasteiger charge is 2.36. The van der Waals surface area contributed by atoms with E-state index in [0.717, 1.165) is 102 Å². The van der Waals surface area contributed by atoms with E-state index in [1.165, 1.54) is 0 Å². The fraction of sp³-hybridized carbons (Fsp3) is 0.0909. The van der Waals surface area contributed by atoms with E-state index in [-0.39, 0.29) is 0 Å². The first-order chi connectivity index (χ1) is 20.2. The zero-order chi connectivity index (χ0) is 27.1. The van der Waals surface area contributed by atoms with Gasteiger partial charge in [-0.2, -0.15) is 0 Å². The second-order valence-corrected chi connectivity index (χ2v) is 10.6. The zero-order valence-electron chi connectivity index (χ0n) is 22.3. The fourth-order valence-corrected chi connectivity index (χ4v) is 6.29. The number of hydrogen-bond acceptors (Lipinski definition) is 4. The smallest absolute Gasteiger partial charge is 0.273 e. The van der Waals surface area contributed by atoms with Gasteiger partial charge in [-0.15, -0.1) is 0 Å². The molecule has 0 unspecified atom stereocenters. The molecule has 8 heteroatoms. The van der Waals surface area contributed by atoms with Crippen LogP contribution in [0.15, 0.2) is 111 Å². The minimum atomic E-state index is 0.765. The summed E-state index contributed by atoms with van der Waals surface area (Å²) in [5.41, 5.74) is 3.78. The number of benzene rings is 3. The number of aromatic nitrogens is 3. The maximum Gasteiger partial charge on any atom is 0.273 e. The van der Waals surface area contributed by atoms with Crippen LogP contribution in [0.1, 0.15) is 12.8 Å². The van der Waals surface area contributed by atoms with Gasteiger partial charge in [0.15, 0.2) is 0 Å². The molecular weight excluding hydrogens is 508 g/mol. The molecule has 8 nitrogen and oxygen atoms in total. The number of hydrogen-bond donors (Lipinski definition) is 4. The molecule has 0 saturated carbocycles. The minimum absolute atomic E-state index is 0.765. The van der Waals surface area contributed by atoms with Crippen molar-refractivity contribution >= 4 is 67.3 Å². The Morgan fingerprint density at radius 2 is 1.07 bits per heavy atom. The molecule has 6 aromatic rings. The Morgan fingerprint density at radius 1 is 0.561 bits per heavy atom. The monoisotopic (exact) mass is 533 g/mol. The quantitative estimate of drug-likeness (QED) is 0.172. The van der Waals surface area contributed by atoms with Crippen LogP contribution >= 0.6 is 0 Å². The Hall–Kier alpha value is -5.50. The third-order valence-corrected chi connectivity index (χ3v) is 8.24. The molecule has 196 valence electrons. The van der Waals surface area contributed by atoms with Crippen molar-refractivity contribution in [2.24, 2.45) is 15.0 Å². The summed E-state index contributed by atoms with van der Waals surface area (Å²) in [6.07, 6.45) is 6.52. The molecule has 9 rings (SSSR count). The molecule has 0 spiro atoms. The summed E-state index contributed by atoms with van der Waals surface area (Å²) >= 11 is 0. The lowest BCUT2D eigenvalue weighted by molar-refractivity contribution is -0.366. The molecule has 0 fully saturated rings. The van der Waals surface area contributed by atoms with Crippen LogP contribution < -0.4 is 16.3 Å². The first-order valence-corrected chi connectivity index (χ1v) is 13.9. The van der Waals surface area contributed by atoms with Crippen molar-refractivity contribution in [3.8, 4) is 0 Å². The van der Waals surface area contributed by atoms with Gasteiger partial charge >= 0.3 is 0 Å². The summed E-state index contributed by atoms with van der Waals surface area (Å²) in [4.78, 5) is 26.3. The molecule has 3 aromatic heterocycles. The minimum Gasteiger partial charge on any atom is -0.327 e. The first kappa shape index (κ1) is 22.3. The Morgan fingerprint density at radius 3 is 1.71 bits per heavy atom. The van der Waals surface area contributed by atoms with Crippen molar-refractivity contribution < 1.29 is 4.58 Å². The molecule has 0 amide bonds. The van der Waals surface area contributed by atoms with E-state index in [4.69, 9.17) is 15.0 Å². The number of anilines is 2. The SMILES string of the molecule is C[N+]1=C2N=c3[nH]c(c4ccccc34)=Nc3[nH]c(c4ccccc34)Nc3[nH]c(c4ccccc34)N=C1C1=CCCC=C12. The number of amidine groups is 2. The number of aromatic amines is 3. The Kier molecular flexibility index (Phi) is 4.49. The molecule has 3 aromatic carbocycles. The average Bonchev–Trinajstić information content (AvgIpc) is 3.72. The summed E-state index contributed by atoms with van der Waals surface area (Å²) in [5.74, 6) is 5.08. The summed E-state index contributed by atoms with van der Waals surface area (Å²) < 4.78 is 2.11. The number of nitrogens with one attached hydrogen (secondary N) is 4. The van der Waals surface area contributed by atoms with E-state index in [1.54, 1.807) is 0 Å². The predicted molar refractivity (Wildman–Crippen MR) is 164 cm³/mol. The summed E-state index contributed by atoms with van der Waals surface area (Å²) in [6.45, 7) is 0. The van der Waals surface area contributed by atoms with Gasteiger partial charge in [0.25, 0.3) is 11.7 Å². The highest BCUT2D eigenvalue weighted by molar-refractivity contribution is 6.19. The van der Waals surface area contributed by atoms with Crippen molar-refractivity contribution in [3.63, 3.8) is 0 Å². The lowest BCUT2D eigenvalue weighted by Crippen LogP contribution is -2.18. The number of aliphatic imine (C=N–C) groups is 1. The number of likely N-dealkylation sites (N-methyl/N-ethyl adjacent to an activating group) is 1. The van der Waals surface area contributed by atoms with Crippen LogP contribution in [0.4, 0.5) is 23.3 Å². The van der Waals surface area contributed by atoms with Crippen molar-refractivity contribution in [1.29, 1.82) is 0 Å². The third kappa shape index (κ3) is 3.21. The summed E-state index contributed by atoms with van der Waals surface area (Å²) in [6, 6.07) is 24.9. The number of nitrogens with zero attached hydrogens (tertiary/aromatic N) is 4. The average molecular weight is 534 g/mol. The summed E-state index contributed by atoms with van der Waals surface area (Å²) in [7, 11) is 2.05. The van der Waals surface area contributed by atoms with Crippen molar-refractivity contribution in [2.75, 3.05) is 12.4 Å². The molecule has 5 heterocycles. The predicted octanol–water partition coefficient (Wildman–Crippen LogP) is 6.19. The molecule has 3 aliphatic rings. The highest BCUT2D eigenvalue weighted by atomic mass is 15.2. The van der Waals surface area contributed by atoms with Crippen LogP contribution in [-0.4, -0.2) is 38.2 Å². The van der Waals surface area contributed by atoms with Crippen molar-refractivity contribution in [1.82, 2.24) is 15.0 Å². The third-order valence-electron chi connectivity index (χ3n) is 8.24. The molecule has 41 heavy (non-hydrogen) atoms. The lowest BCUT2D eigenvalue weighted by Gasteiger charge is -2.04. The van der Waals surface area contributed by atoms with Gasteiger partial charge in [0.05, 0.1) is 18.2 Å². The van der Waals surface area contributed by atoms with Gasteiger partial charge in [-0.05, 0) is 25.0 Å². The molecule has 4 N–H and O–H groups in total. The first-order valence-electron chi connectivity index (χ1n) is 13.9. The molecule has 0 atom stereocenters. The largest absolute Gasteiger partial charge is 0.327 e. The van der Waals surface area contributed by atoms with Crippen LogP contribution in [-0.2, 0) is 0 Å².